The van der Waals surface area contributed by atoms with Crippen LogP contribution >= 0.6 is 0 Å². The summed E-state index contributed by atoms with van der Waals surface area (Å²) < 4.78 is 4.81. The quantitative estimate of drug-likeness (QED) is 0.502. The minimum Gasteiger partial charge on any atom is -1.00 e. The summed E-state index contributed by atoms with van der Waals surface area (Å²) in [4.78, 5) is 0. The Hall–Kier alpha value is -0.310. The Morgan fingerprint density at radius 2 is 1.74 bits per heavy atom. The molecule has 0 spiro atoms. The minimum atomic E-state index is 0. The topological polar surface area (TPSA) is 8.81 Å². The molecular formula is C16H29BrN2. The summed E-state index contributed by atoms with van der Waals surface area (Å²) in [5.41, 5.74) is 0. The Bertz CT molecular complexity index is 329. The lowest BCUT2D eigenvalue weighted by molar-refractivity contribution is -0.697. The van der Waals surface area contributed by atoms with Gasteiger partial charge in [0.1, 0.15) is 18.4 Å². The zero-order valence-corrected chi connectivity index (χ0v) is 13.9. The first-order valence-corrected chi connectivity index (χ1v) is 7.96. The van der Waals surface area contributed by atoms with Gasteiger partial charge in [0.2, 0.25) is 6.33 Å². The first-order chi connectivity index (χ1) is 8.90. The molecule has 0 bridgehead atoms. The molecule has 1 heterocycles. The molecule has 0 atom stereocenters. The van der Waals surface area contributed by atoms with Gasteiger partial charge in [-0.05, 0) is 38.5 Å². The summed E-state index contributed by atoms with van der Waals surface area (Å²) in [6.07, 6.45) is 20.8. The van der Waals surface area contributed by atoms with Gasteiger partial charge in [-0.2, -0.15) is 0 Å². The number of hydrogen-bond donors (Lipinski definition) is 0. The number of hydrogen-bond acceptors (Lipinski definition) is 0. The maximum absolute atomic E-state index is 2.43. The van der Waals surface area contributed by atoms with Gasteiger partial charge < -0.3 is 17.0 Å². The van der Waals surface area contributed by atoms with Crippen molar-refractivity contribution in [1.82, 2.24) is 4.57 Å². The van der Waals surface area contributed by atoms with Gasteiger partial charge in [-0.25, -0.2) is 9.13 Å². The molecule has 0 aromatic carbocycles. The summed E-state index contributed by atoms with van der Waals surface area (Å²) >= 11 is 0. The Morgan fingerprint density at radius 3 is 2.47 bits per heavy atom. The van der Waals surface area contributed by atoms with Gasteiger partial charge in [-0.1, -0.05) is 32.6 Å². The third-order valence-corrected chi connectivity index (χ3v) is 4.23. The Morgan fingerprint density at radius 1 is 1.05 bits per heavy atom. The van der Waals surface area contributed by atoms with Crippen molar-refractivity contribution in [2.24, 2.45) is 0 Å². The Balaban J connectivity index is 0.00000180. The van der Waals surface area contributed by atoms with E-state index >= 15 is 0 Å². The largest absolute Gasteiger partial charge is 1.00 e. The molecule has 0 radical (unpaired) electrons. The zero-order chi connectivity index (χ0) is 12.6. The highest BCUT2D eigenvalue weighted by atomic mass is 79.9. The molecule has 0 amide bonds. The van der Waals surface area contributed by atoms with E-state index in [-0.39, 0.29) is 17.0 Å². The molecule has 0 saturated heterocycles. The molecule has 0 unspecified atom stereocenters. The van der Waals surface area contributed by atoms with Crippen LogP contribution in [0.5, 0.6) is 0 Å². The number of imidazole rings is 1. The molecule has 0 aliphatic heterocycles. The number of aromatic nitrogens is 2. The maximum atomic E-state index is 2.43. The molecule has 1 aromatic heterocycles. The van der Waals surface area contributed by atoms with E-state index in [2.05, 4.69) is 34.8 Å². The standard InChI is InChI=1S/C16H29N2.BrH/c1-2-3-4-5-6-9-12-17-13-14-18(15-17)16-10-7-8-11-16;/h13-16H,2-12H2,1H3;1H/q+1;/p-1. The second-order valence-corrected chi connectivity index (χ2v) is 5.80. The second kappa shape index (κ2) is 9.57. The Labute approximate surface area is 129 Å². The molecule has 1 aliphatic rings. The number of nitrogens with zero attached hydrogens (tertiary/aromatic N) is 2. The summed E-state index contributed by atoms with van der Waals surface area (Å²) in [6.45, 7) is 3.48. The van der Waals surface area contributed by atoms with Crippen LogP contribution in [-0.2, 0) is 6.54 Å². The molecule has 2 nitrogen and oxygen atoms in total. The van der Waals surface area contributed by atoms with E-state index in [1.165, 1.54) is 70.8 Å². The van der Waals surface area contributed by atoms with Crippen LogP contribution in [0.1, 0.15) is 77.2 Å². The molecule has 19 heavy (non-hydrogen) atoms. The van der Waals surface area contributed by atoms with Gasteiger partial charge in [0.15, 0.2) is 0 Å². The SMILES string of the molecule is CCCCCCCC[n+]1ccn(C2CCCC2)c1.[Br-]. The third-order valence-electron chi connectivity index (χ3n) is 4.23. The van der Waals surface area contributed by atoms with Crippen molar-refractivity contribution in [2.45, 2.75) is 83.7 Å². The lowest BCUT2D eigenvalue weighted by Crippen LogP contribution is -3.00. The normalized spacial score (nSPS) is 15.6. The smallest absolute Gasteiger partial charge is 0.243 e. The van der Waals surface area contributed by atoms with Gasteiger partial charge in [0.25, 0.3) is 0 Å². The fraction of sp³-hybridized carbons (Fsp3) is 0.812. The fourth-order valence-electron chi connectivity index (χ4n) is 3.04. The average molecular weight is 329 g/mol. The lowest BCUT2D eigenvalue weighted by Gasteiger charge is -2.03. The van der Waals surface area contributed by atoms with Gasteiger partial charge in [-0.3, -0.25) is 0 Å². The number of unbranched alkanes of at least 4 members (excludes halogenated alkanes) is 5. The van der Waals surface area contributed by atoms with Crippen molar-refractivity contribution in [3.05, 3.63) is 18.7 Å². The van der Waals surface area contributed by atoms with Crippen molar-refractivity contribution in [2.75, 3.05) is 0 Å². The maximum Gasteiger partial charge on any atom is 0.243 e. The fourth-order valence-corrected chi connectivity index (χ4v) is 3.04. The second-order valence-electron chi connectivity index (χ2n) is 5.80. The summed E-state index contributed by atoms with van der Waals surface area (Å²) in [7, 11) is 0. The summed E-state index contributed by atoms with van der Waals surface area (Å²) in [6, 6.07) is 0.788. The van der Waals surface area contributed by atoms with Crippen LogP contribution in [0, 0.1) is 0 Å². The molecule has 1 fully saturated rings. The average Bonchev–Trinajstić information content (AvgIpc) is 3.03. The molecule has 1 saturated carbocycles. The van der Waals surface area contributed by atoms with E-state index in [1.54, 1.807) is 0 Å². The summed E-state index contributed by atoms with van der Waals surface area (Å²) in [5.74, 6) is 0. The van der Waals surface area contributed by atoms with Gasteiger partial charge in [0.05, 0.1) is 6.54 Å². The molecule has 1 aromatic rings. The highest BCUT2D eigenvalue weighted by Gasteiger charge is 2.21. The van der Waals surface area contributed by atoms with Gasteiger partial charge in [0, 0.05) is 0 Å². The van der Waals surface area contributed by atoms with E-state index in [0.29, 0.717) is 0 Å². The Kier molecular flexibility index (Phi) is 8.43. The highest BCUT2D eigenvalue weighted by Crippen LogP contribution is 2.28. The van der Waals surface area contributed by atoms with E-state index < -0.39 is 0 Å². The van der Waals surface area contributed by atoms with E-state index in [1.807, 2.05) is 0 Å². The molecule has 0 N–H and O–H groups in total. The van der Waals surface area contributed by atoms with Crippen LogP contribution in [0.3, 0.4) is 0 Å². The minimum absolute atomic E-state index is 0. The van der Waals surface area contributed by atoms with E-state index in [9.17, 15) is 0 Å². The monoisotopic (exact) mass is 328 g/mol. The predicted octanol–water partition coefficient (Wildman–Crippen LogP) is 1.26. The van der Waals surface area contributed by atoms with E-state index in [4.69, 9.17) is 0 Å². The van der Waals surface area contributed by atoms with E-state index in [0.717, 1.165) is 6.04 Å². The van der Waals surface area contributed by atoms with Crippen LogP contribution in [0.2, 0.25) is 0 Å². The molecule has 110 valence electrons. The predicted molar refractivity (Wildman–Crippen MR) is 75.5 cm³/mol. The number of halogens is 1. The van der Waals surface area contributed by atoms with Crippen molar-refractivity contribution in [1.29, 1.82) is 0 Å². The molecule has 2 rings (SSSR count). The molecular weight excluding hydrogens is 300 g/mol. The van der Waals surface area contributed by atoms with Crippen LogP contribution in [0.15, 0.2) is 18.7 Å². The van der Waals surface area contributed by atoms with Crippen LogP contribution in [-0.4, -0.2) is 4.57 Å². The summed E-state index contributed by atoms with van der Waals surface area (Å²) in [5, 5.41) is 0. The lowest BCUT2D eigenvalue weighted by atomic mass is 10.1. The van der Waals surface area contributed by atoms with Crippen LogP contribution < -0.4 is 21.5 Å². The van der Waals surface area contributed by atoms with Gasteiger partial charge >= 0.3 is 0 Å². The first-order valence-electron chi connectivity index (χ1n) is 7.96. The number of aryl methyl sites for hydroxylation is 1. The first kappa shape index (κ1) is 16.7. The third kappa shape index (κ3) is 5.68. The highest BCUT2D eigenvalue weighted by molar-refractivity contribution is 4.79. The van der Waals surface area contributed by atoms with Crippen molar-refractivity contribution >= 4 is 0 Å². The molecule has 3 heteroatoms. The zero-order valence-electron chi connectivity index (χ0n) is 12.4. The van der Waals surface area contributed by atoms with Crippen LogP contribution in [0.4, 0.5) is 0 Å². The van der Waals surface area contributed by atoms with Crippen molar-refractivity contribution in [3.8, 4) is 0 Å². The number of rotatable bonds is 8. The van der Waals surface area contributed by atoms with Crippen molar-refractivity contribution in [3.63, 3.8) is 0 Å². The van der Waals surface area contributed by atoms with Gasteiger partial charge in [-0.15, -0.1) is 0 Å². The van der Waals surface area contributed by atoms with Crippen LogP contribution in [0.25, 0.3) is 0 Å². The molecule has 1 aliphatic carbocycles. The van der Waals surface area contributed by atoms with Crippen molar-refractivity contribution < 1.29 is 21.5 Å².